The van der Waals surface area contributed by atoms with E-state index in [-0.39, 0.29) is 18.3 Å². The minimum absolute atomic E-state index is 0. The Morgan fingerprint density at radius 2 is 2.06 bits per heavy atom. The van der Waals surface area contributed by atoms with Gasteiger partial charge in [0.25, 0.3) is 0 Å². The summed E-state index contributed by atoms with van der Waals surface area (Å²) in [6.07, 6.45) is 1.75. The Hall–Kier alpha value is -1.32. The summed E-state index contributed by atoms with van der Waals surface area (Å²) >= 11 is 0. The number of nitrogens with one attached hydrogen (secondary N) is 1. The Bertz CT molecular complexity index is 341. The van der Waals surface area contributed by atoms with Crippen LogP contribution in [0, 0.1) is 0 Å². The van der Waals surface area contributed by atoms with Crippen molar-refractivity contribution in [1.82, 2.24) is 10.2 Å². The van der Waals surface area contributed by atoms with Crippen LogP contribution >= 0.6 is 12.4 Å². The fraction of sp³-hybridized carbons (Fsp3) is 0.308. The molecular formula is C13H19ClN2O. The number of benzene rings is 1. The van der Waals surface area contributed by atoms with Gasteiger partial charge in [0, 0.05) is 13.1 Å². The molecule has 0 aliphatic carbocycles. The third-order valence-corrected chi connectivity index (χ3v) is 2.25. The van der Waals surface area contributed by atoms with Gasteiger partial charge in [0.1, 0.15) is 0 Å². The average Bonchev–Trinajstić information content (AvgIpc) is 2.30. The lowest BCUT2D eigenvalue weighted by Crippen LogP contribution is -2.36. The van der Waals surface area contributed by atoms with Gasteiger partial charge in [0.15, 0.2) is 0 Å². The molecule has 0 radical (unpaired) electrons. The van der Waals surface area contributed by atoms with Crippen molar-refractivity contribution >= 4 is 18.3 Å². The standard InChI is InChI=1S/C13H18N2O.ClH/c1-3-9-15(13(16)10-14-2)11-12-7-5-4-6-8-12;/h3-8,14H,1,9-11H2,2H3;1H. The number of rotatable bonds is 6. The lowest BCUT2D eigenvalue weighted by molar-refractivity contribution is -0.130. The first-order chi connectivity index (χ1) is 7.77. The molecule has 1 rings (SSSR count). The molecule has 1 aromatic carbocycles. The average molecular weight is 255 g/mol. The maximum absolute atomic E-state index is 11.8. The Balaban J connectivity index is 0.00000256. The summed E-state index contributed by atoms with van der Waals surface area (Å²) in [4.78, 5) is 13.5. The number of amides is 1. The second kappa shape index (κ2) is 8.79. The second-order valence-electron chi connectivity index (χ2n) is 3.58. The van der Waals surface area contributed by atoms with E-state index in [0.717, 1.165) is 5.56 Å². The highest BCUT2D eigenvalue weighted by molar-refractivity contribution is 5.85. The first kappa shape index (κ1) is 15.7. The Morgan fingerprint density at radius 1 is 1.41 bits per heavy atom. The van der Waals surface area contributed by atoms with E-state index in [9.17, 15) is 4.79 Å². The van der Waals surface area contributed by atoms with E-state index in [1.54, 1.807) is 18.0 Å². The molecule has 0 unspecified atom stereocenters. The molecule has 1 N–H and O–H groups in total. The highest BCUT2D eigenvalue weighted by Crippen LogP contribution is 2.04. The van der Waals surface area contributed by atoms with Crippen LogP contribution in [0.3, 0.4) is 0 Å². The van der Waals surface area contributed by atoms with Gasteiger partial charge in [0.05, 0.1) is 6.54 Å². The van der Waals surface area contributed by atoms with E-state index in [1.165, 1.54) is 0 Å². The molecule has 0 aliphatic rings. The van der Waals surface area contributed by atoms with Crippen molar-refractivity contribution in [2.45, 2.75) is 6.54 Å². The number of halogens is 1. The Morgan fingerprint density at radius 3 is 2.59 bits per heavy atom. The SMILES string of the molecule is C=CCN(Cc1ccccc1)C(=O)CNC.Cl. The summed E-state index contributed by atoms with van der Waals surface area (Å²) in [6.45, 7) is 5.24. The van der Waals surface area contributed by atoms with Crippen molar-refractivity contribution in [3.05, 3.63) is 48.6 Å². The zero-order valence-electron chi connectivity index (χ0n) is 10.1. The molecule has 1 amide bonds. The zero-order valence-corrected chi connectivity index (χ0v) is 10.9. The van der Waals surface area contributed by atoms with Crippen LogP contribution in [0.1, 0.15) is 5.56 Å². The van der Waals surface area contributed by atoms with Gasteiger partial charge in [0.2, 0.25) is 5.91 Å². The smallest absolute Gasteiger partial charge is 0.237 e. The fourth-order valence-electron chi connectivity index (χ4n) is 1.48. The fourth-order valence-corrected chi connectivity index (χ4v) is 1.48. The molecular weight excluding hydrogens is 236 g/mol. The topological polar surface area (TPSA) is 32.3 Å². The number of nitrogens with zero attached hydrogens (tertiary/aromatic N) is 1. The molecule has 0 spiro atoms. The van der Waals surface area contributed by atoms with E-state index in [0.29, 0.717) is 19.6 Å². The van der Waals surface area contributed by atoms with Crippen molar-refractivity contribution in [2.24, 2.45) is 0 Å². The van der Waals surface area contributed by atoms with E-state index in [2.05, 4.69) is 11.9 Å². The van der Waals surface area contributed by atoms with Crippen molar-refractivity contribution < 1.29 is 4.79 Å². The molecule has 1 aromatic rings. The van der Waals surface area contributed by atoms with Crippen LogP contribution in [-0.4, -0.2) is 30.9 Å². The van der Waals surface area contributed by atoms with Crippen molar-refractivity contribution in [3.63, 3.8) is 0 Å². The zero-order chi connectivity index (χ0) is 11.8. The molecule has 0 saturated heterocycles. The molecule has 3 nitrogen and oxygen atoms in total. The normalized spacial score (nSPS) is 9.24. The number of hydrogen-bond acceptors (Lipinski definition) is 2. The maximum atomic E-state index is 11.8. The summed E-state index contributed by atoms with van der Waals surface area (Å²) in [5, 5.41) is 2.87. The molecule has 0 aliphatic heterocycles. The van der Waals surface area contributed by atoms with Gasteiger partial charge in [-0.05, 0) is 12.6 Å². The third kappa shape index (κ3) is 5.52. The van der Waals surface area contributed by atoms with Crippen LogP contribution in [0.25, 0.3) is 0 Å². The minimum Gasteiger partial charge on any atom is -0.334 e. The maximum Gasteiger partial charge on any atom is 0.237 e. The summed E-state index contributed by atoms with van der Waals surface area (Å²) in [7, 11) is 1.77. The first-order valence-electron chi connectivity index (χ1n) is 5.35. The Labute approximate surface area is 109 Å². The second-order valence-corrected chi connectivity index (χ2v) is 3.58. The van der Waals surface area contributed by atoms with Gasteiger partial charge in [-0.2, -0.15) is 0 Å². The minimum atomic E-state index is 0. The quantitative estimate of drug-likeness (QED) is 0.786. The lowest BCUT2D eigenvalue weighted by Gasteiger charge is -2.21. The number of carbonyl (C=O) groups is 1. The molecule has 0 bridgehead atoms. The van der Waals surface area contributed by atoms with E-state index >= 15 is 0 Å². The highest BCUT2D eigenvalue weighted by Gasteiger charge is 2.10. The summed E-state index contributed by atoms with van der Waals surface area (Å²) in [5.74, 6) is 0.0891. The summed E-state index contributed by atoms with van der Waals surface area (Å²) < 4.78 is 0. The van der Waals surface area contributed by atoms with Crippen LogP contribution in [0.15, 0.2) is 43.0 Å². The molecule has 0 atom stereocenters. The van der Waals surface area contributed by atoms with Gasteiger partial charge in [-0.1, -0.05) is 36.4 Å². The monoisotopic (exact) mass is 254 g/mol. The van der Waals surface area contributed by atoms with Gasteiger partial charge in [-0.3, -0.25) is 4.79 Å². The highest BCUT2D eigenvalue weighted by atomic mass is 35.5. The number of hydrogen-bond donors (Lipinski definition) is 1. The first-order valence-corrected chi connectivity index (χ1v) is 5.35. The molecule has 0 heterocycles. The van der Waals surface area contributed by atoms with E-state index < -0.39 is 0 Å². The van der Waals surface area contributed by atoms with Crippen LogP contribution < -0.4 is 5.32 Å². The molecule has 4 heteroatoms. The summed E-state index contributed by atoms with van der Waals surface area (Å²) in [5.41, 5.74) is 1.13. The van der Waals surface area contributed by atoms with Crippen molar-refractivity contribution in [3.8, 4) is 0 Å². The van der Waals surface area contributed by atoms with E-state index in [4.69, 9.17) is 0 Å². The predicted octanol–water partition coefficient (Wildman–Crippen LogP) is 1.84. The lowest BCUT2D eigenvalue weighted by atomic mass is 10.2. The van der Waals surface area contributed by atoms with Crippen LogP contribution in [-0.2, 0) is 11.3 Å². The molecule has 0 aromatic heterocycles. The molecule has 94 valence electrons. The molecule has 17 heavy (non-hydrogen) atoms. The van der Waals surface area contributed by atoms with Gasteiger partial charge in [-0.25, -0.2) is 0 Å². The van der Waals surface area contributed by atoms with Gasteiger partial charge < -0.3 is 10.2 Å². The predicted molar refractivity (Wildman–Crippen MR) is 73.2 cm³/mol. The van der Waals surface area contributed by atoms with Crippen LogP contribution in [0.4, 0.5) is 0 Å². The van der Waals surface area contributed by atoms with Gasteiger partial charge >= 0.3 is 0 Å². The number of carbonyl (C=O) groups excluding carboxylic acids is 1. The molecule has 0 fully saturated rings. The van der Waals surface area contributed by atoms with Crippen molar-refractivity contribution in [1.29, 1.82) is 0 Å². The Kier molecular flexibility index (Phi) is 8.11. The van der Waals surface area contributed by atoms with Crippen LogP contribution in [0.2, 0.25) is 0 Å². The van der Waals surface area contributed by atoms with E-state index in [1.807, 2.05) is 30.3 Å². The number of likely N-dealkylation sites (N-methyl/N-ethyl adjacent to an activating group) is 1. The summed E-state index contributed by atoms with van der Waals surface area (Å²) in [6, 6.07) is 9.95. The van der Waals surface area contributed by atoms with Gasteiger partial charge in [-0.15, -0.1) is 19.0 Å². The van der Waals surface area contributed by atoms with Crippen molar-refractivity contribution in [2.75, 3.05) is 20.1 Å². The largest absolute Gasteiger partial charge is 0.334 e. The molecule has 0 saturated carbocycles. The third-order valence-electron chi connectivity index (χ3n) is 2.25. The van der Waals surface area contributed by atoms with Crippen LogP contribution in [0.5, 0.6) is 0 Å².